The second kappa shape index (κ2) is 7.22. The molecule has 0 fully saturated rings. The second-order valence-corrected chi connectivity index (χ2v) is 5.10. The summed E-state index contributed by atoms with van der Waals surface area (Å²) in [5.74, 6) is 0. The lowest BCUT2D eigenvalue weighted by Crippen LogP contribution is -2.31. The van der Waals surface area contributed by atoms with E-state index in [9.17, 15) is 0 Å². The van der Waals surface area contributed by atoms with Gasteiger partial charge in [0.25, 0.3) is 0 Å². The number of hydrogen-bond acceptors (Lipinski definition) is 2. The first-order valence-electron chi connectivity index (χ1n) is 5.95. The summed E-state index contributed by atoms with van der Waals surface area (Å²) < 4.78 is 0. The van der Waals surface area contributed by atoms with Crippen LogP contribution in [0.1, 0.15) is 31.4 Å². The Hall–Kier alpha value is -0.280. The molecule has 1 atom stereocenters. The van der Waals surface area contributed by atoms with Gasteiger partial charge in [0.2, 0.25) is 0 Å². The Kier molecular flexibility index (Phi) is 6.28. The molecule has 1 aromatic rings. The Morgan fingerprint density at radius 3 is 2.59 bits per heavy atom. The van der Waals surface area contributed by atoms with Gasteiger partial charge in [-0.15, -0.1) is 0 Å². The predicted molar refractivity (Wildman–Crippen MR) is 75.8 cm³/mol. The number of rotatable bonds is 6. The van der Waals surface area contributed by atoms with Gasteiger partial charge in [-0.2, -0.15) is 0 Å². The average Bonchev–Trinajstić information content (AvgIpc) is 2.30. The van der Waals surface area contributed by atoms with Crippen molar-refractivity contribution in [3.05, 3.63) is 33.8 Å². The van der Waals surface area contributed by atoms with Gasteiger partial charge in [0, 0.05) is 22.6 Å². The molecule has 2 nitrogen and oxygen atoms in total. The van der Waals surface area contributed by atoms with Crippen LogP contribution < -0.4 is 5.73 Å². The zero-order valence-corrected chi connectivity index (χ0v) is 11.9. The summed E-state index contributed by atoms with van der Waals surface area (Å²) in [4.78, 5) is 2.25. The molecule has 0 aliphatic rings. The molecule has 1 unspecified atom stereocenters. The van der Waals surface area contributed by atoms with Crippen molar-refractivity contribution in [3.8, 4) is 0 Å². The first kappa shape index (κ1) is 14.8. The number of hydrogen-bond donors (Lipinski definition) is 1. The molecule has 0 bridgehead atoms. The van der Waals surface area contributed by atoms with Crippen molar-refractivity contribution < 1.29 is 0 Å². The van der Waals surface area contributed by atoms with Gasteiger partial charge in [-0.05, 0) is 37.7 Å². The molecular weight excluding hydrogens is 255 g/mol. The first-order valence-corrected chi connectivity index (χ1v) is 6.71. The van der Waals surface area contributed by atoms with E-state index in [0.29, 0.717) is 16.6 Å². The van der Waals surface area contributed by atoms with Gasteiger partial charge in [-0.1, -0.05) is 42.6 Å². The maximum atomic E-state index is 6.21. The van der Waals surface area contributed by atoms with Gasteiger partial charge >= 0.3 is 0 Å². The molecule has 0 amide bonds. The molecule has 4 heteroatoms. The highest BCUT2D eigenvalue weighted by Gasteiger charge is 2.17. The van der Waals surface area contributed by atoms with Crippen LogP contribution in [0.2, 0.25) is 10.0 Å². The number of benzene rings is 1. The zero-order valence-electron chi connectivity index (χ0n) is 10.4. The minimum absolute atomic E-state index is 0.159. The lowest BCUT2D eigenvalue weighted by atomic mass is 10.1. The molecular formula is C13H20Cl2N2. The highest BCUT2D eigenvalue weighted by molar-refractivity contribution is 6.35. The van der Waals surface area contributed by atoms with E-state index in [4.69, 9.17) is 28.9 Å². The van der Waals surface area contributed by atoms with Crippen LogP contribution in [0.4, 0.5) is 0 Å². The van der Waals surface area contributed by atoms with E-state index >= 15 is 0 Å². The first-order chi connectivity index (χ1) is 8.10. The van der Waals surface area contributed by atoms with Crippen molar-refractivity contribution in [2.45, 2.75) is 25.8 Å². The smallest absolute Gasteiger partial charge is 0.0482 e. The summed E-state index contributed by atoms with van der Waals surface area (Å²) in [5, 5.41) is 1.35. The van der Waals surface area contributed by atoms with Crippen LogP contribution in [0.5, 0.6) is 0 Å². The van der Waals surface area contributed by atoms with Crippen LogP contribution in [-0.4, -0.2) is 25.0 Å². The fraction of sp³-hybridized carbons (Fsp3) is 0.538. The van der Waals surface area contributed by atoms with Crippen LogP contribution in [0, 0.1) is 0 Å². The highest BCUT2D eigenvalue weighted by atomic mass is 35.5. The summed E-state index contributed by atoms with van der Waals surface area (Å²) in [6.07, 6.45) is 2.34. The third-order valence-corrected chi connectivity index (χ3v) is 3.50. The normalized spacial score (nSPS) is 13.1. The van der Waals surface area contributed by atoms with Gasteiger partial charge in [-0.3, -0.25) is 4.90 Å². The second-order valence-electron chi connectivity index (χ2n) is 4.25. The van der Waals surface area contributed by atoms with Gasteiger partial charge in [0.1, 0.15) is 0 Å². The number of unbranched alkanes of at least 4 members (excludes halogenated alkanes) is 1. The Morgan fingerprint density at radius 2 is 2.06 bits per heavy atom. The van der Waals surface area contributed by atoms with Crippen LogP contribution in [0.3, 0.4) is 0 Å². The number of halogens is 2. The van der Waals surface area contributed by atoms with Gasteiger partial charge in [0.15, 0.2) is 0 Å². The van der Waals surface area contributed by atoms with Crippen molar-refractivity contribution in [1.82, 2.24) is 4.90 Å². The summed E-state index contributed by atoms with van der Waals surface area (Å²) in [6, 6.07) is 5.75. The molecule has 0 spiro atoms. The van der Waals surface area contributed by atoms with E-state index in [2.05, 4.69) is 18.9 Å². The number of likely N-dealkylation sites (N-methyl/N-ethyl adjacent to an activating group) is 1. The van der Waals surface area contributed by atoms with Crippen LogP contribution in [0.15, 0.2) is 18.2 Å². The molecule has 96 valence electrons. The number of nitrogens with two attached hydrogens (primary N) is 1. The van der Waals surface area contributed by atoms with Crippen molar-refractivity contribution >= 4 is 23.2 Å². The third kappa shape index (κ3) is 4.14. The van der Waals surface area contributed by atoms with Crippen molar-refractivity contribution in [2.24, 2.45) is 5.73 Å². The van der Waals surface area contributed by atoms with E-state index in [1.54, 1.807) is 6.07 Å². The molecule has 1 aromatic carbocycles. The van der Waals surface area contributed by atoms with Crippen molar-refractivity contribution in [1.29, 1.82) is 0 Å². The summed E-state index contributed by atoms with van der Waals surface area (Å²) in [5.41, 5.74) is 6.90. The summed E-state index contributed by atoms with van der Waals surface area (Å²) >= 11 is 12.1. The Balaban J connectivity index is 2.85. The quantitative estimate of drug-likeness (QED) is 0.857. The van der Waals surface area contributed by atoms with Crippen LogP contribution in [-0.2, 0) is 0 Å². The van der Waals surface area contributed by atoms with E-state index in [1.165, 1.54) is 6.42 Å². The van der Waals surface area contributed by atoms with Gasteiger partial charge in [-0.25, -0.2) is 0 Å². The molecule has 0 saturated carbocycles. The summed E-state index contributed by atoms with van der Waals surface area (Å²) in [7, 11) is 2.08. The standard InChI is InChI=1S/C13H20Cl2N2/c1-3-4-7-17(2)13(9-16)11-6-5-10(14)8-12(11)15/h5-6,8,13H,3-4,7,9,16H2,1-2H3. The topological polar surface area (TPSA) is 29.3 Å². The minimum Gasteiger partial charge on any atom is -0.329 e. The Bertz CT molecular complexity index is 355. The molecule has 0 aliphatic heterocycles. The molecule has 0 radical (unpaired) electrons. The third-order valence-electron chi connectivity index (χ3n) is 2.94. The van der Waals surface area contributed by atoms with Crippen LogP contribution in [0.25, 0.3) is 0 Å². The SMILES string of the molecule is CCCCN(C)C(CN)c1ccc(Cl)cc1Cl. The fourth-order valence-corrected chi connectivity index (χ4v) is 2.41. The molecule has 1 rings (SSSR count). The lowest BCUT2D eigenvalue weighted by molar-refractivity contribution is 0.246. The lowest BCUT2D eigenvalue weighted by Gasteiger charge is -2.28. The Labute approximate surface area is 114 Å². The molecule has 0 saturated heterocycles. The maximum absolute atomic E-state index is 6.21. The maximum Gasteiger partial charge on any atom is 0.0482 e. The predicted octanol–water partition coefficient (Wildman–Crippen LogP) is 3.73. The highest BCUT2D eigenvalue weighted by Crippen LogP contribution is 2.28. The van der Waals surface area contributed by atoms with Gasteiger partial charge in [0.05, 0.1) is 0 Å². The molecule has 2 N–H and O–H groups in total. The van der Waals surface area contributed by atoms with E-state index < -0.39 is 0 Å². The minimum atomic E-state index is 0.159. The van der Waals surface area contributed by atoms with Crippen molar-refractivity contribution in [2.75, 3.05) is 20.1 Å². The van der Waals surface area contributed by atoms with Gasteiger partial charge < -0.3 is 5.73 Å². The largest absolute Gasteiger partial charge is 0.329 e. The van der Waals surface area contributed by atoms with E-state index in [0.717, 1.165) is 18.5 Å². The monoisotopic (exact) mass is 274 g/mol. The average molecular weight is 275 g/mol. The van der Waals surface area contributed by atoms with Crippen LogP contribution >= 0.6 is 23.2 Å². The molecule has 17 heavy (non-hydrogen) atoms. The van der Waals surface area contributed by atoms with E-state index in [-0.39, 0.29) is 6.04 Å². The zero-order chi connectivity index (χ0) is 12.8. The number of nitrogens with zero attached hydrogens (tertiary/aromatic N) is 1. The fourth-order valence-electron chi connectivity index (χ4n) is 1.88. The Morgan fingerprint density at radius 1 is 1.35 bits per heavy atom. The molecule has 0 heterocycles. The van der Waals surface area contributed by atoms with E-state index in [1.807, 2.05) is 12.1 Å². The van der Waals surface area contributed by atoms with Crippen molar-refractivity contribution in [3.63, 3.8) is 0 Å². The summed E-state index contributed by atoms with van der Waals surface area (Å²) in [6.45, 7) is 3.76. The molecule has 0 aliphatic carbocycles. The molecule has 0 aromatic heterocycles.